The Hall–Kier alpha value is -3.68. The van der Waals surface area contributed by atoms with Gasteiger partial charge < -0.3 is 5.32 Å². The highest BCUT2D eigenvalue weighted by molar-refractivity contribution is 5.77. The van der Waals surface area contributed by atoms with Crippen molar-refractivity contribution in [1.29, 1.82) is 0 Å². The van der Waals surface area contributed by atoms with E-state index in [4.69, 9.17) is 0 Å². The van der Waals surface area contributed by atoms with Crippen LogP contribution < -0.4 is 11.0 Å². The van der Waals surface area contributed by atoms with Gasteiger partial charge in [0.25, 0.3) is 0 Å². The zero-order chi connectivity index (χ0) is 19.5. The van der Waals surface area contributed by atoms with Crippen LogP contribution in [0.15, 0.2) is 66.1 Å². The number of fused-ring (bicyclic) bond motifs is 1. The second-order valence-electron chi connectivity index (χ2n) is 6.50. The van der Waals surface area contributed by atoms with Crippen molar-refractivity contribution in [1.82, 2.24) is 29.0 Å². The van der Waals surface area contributed by atoms with E-state index in [-0.39, 0.29) is 18.0 Å². The van der Waals surface area contributed by atoms with Crippen LogP contribution in [0.1, 0.15) is 12.0 Å². The van der Waals surface area contributed by atoms with Gasteiger partial charge in [-0.05, 0) is 23.8 Å². The van der Waals surface area contributed by atoms with Crippen LogP contribution in [0.3, 0.4) is 0 Å². The molecular weight excluding hydrogens is 356 g/mol. The zero-order valence-electron chi connectivity index (χ0n) is 15.4. The molecule has 1 aromatic carbocycles. The van der Waals surface area contributed by atoms with Crippen LogP contribution in [-0.2, 0) is 24.9 Å². The van der Waals surface area contributed by atoms with Crippen molar-refractivity contribution in [3.8, 4) is 5.82 Å². The van der Waals surface area contributed by atoms with Gasteiger partial charge in [0.2, 0.25) is 5.91 Å². The molecule has 4 rings (SSSR count). The molecule has 0 bridgehead atoms. The van der Waals surface area contributed by atoms with E-state index in [0.29, 0.717) is 13.1 Å². The number of nitrogens with one attached hydrogen (secondary N) is 1. The van der Waals surface area contributed by atoms with E-state index in [1.54, 1.807) is 34.9 Å². The summed E-state index contributed by atoms with van der Waals surface area (Å²) in [4.78, 5) is 33.0. The minimum atomic E-state index is -0.117. The van der Waals surface area contributed by atoms with E-state index in [1.807, 2.05) is 47.2 Å². The summed E-state index contributed by atoms with van der Waals surface area (Å²) in [6.45, 7) is 0.727. The molecule has 4 aromatic rings. The summed E-state index contributed by atoms with van der Waals surface area (Å²) >= 11 is 0. The van der Waals surface area contributed by atoms with E-state index in [0.717, 1.165) is 22.4 Å². The summed E-state index contributed by atoms with van der Waals surface area (Å²) in [7, 11) is 1.74. The van der Waals surface area contributed by atoms with Gasteiger partial charge in [-0.25, -0.2) is 14.8 Å². The quantitative estimate of drug-likeness (QED) is 0.554. The Morgan fingerprint density at radius 2 is 1.96 bits per heavy atom. The maximum Gasteiger partial charge on any atom is 0.328 e. The van der Waals surface area contributed by atoms with Crippen molar-refractivity contribution in [2.75, 3.05) is 0 Å². The number of aromatic nitrogens is 5. The minimum Gasteiger partial charge on any atom is -0.352 e. The van der Waals surface area contributed by atoms with Gasteiger partial charge in [0.15, 0.2) is 0 Å². The molecule has 1 amide bonds. The molecule has 8 heteroatoms. The van der Waals surface area contributed by atoms with Crippen molar-refractivity contribution in [3.63, 3.8) is 0 Å². The molecule has 0 aliphatic carbocycles. The highest BCUT2D eigenvalue weighted by Gasteiger charge is 2.11. The molecule has 142 valence electrons. The normalized spacial score (nSPS) is 11.0. The van der Waals surface area contributed by atoms with Crippen molar-refractivity contribution < 1.29 is 4.79 Å². The summed E-state index contributed by atoms with van der Waals surface area (Å²) in [5.41, 5.74) is 2.48. The second-order valence-corrected chi connectivity index (χ2v) is 6.50. The van der Waals surface area contributed by atoms with Crippen LogP contribution >= 0.6 is 0 Å². The number of hydrogen-bond donors (Lipinski definition) is 1. The molecule has 0 spiro atoms. The van der Waals surface area contributed by atoms with Crippen LogP contribution in [0, 0.1) is 0 Å². The zero-order valence-corrected chi connectivity index (χ0v) is 15.4. The maximum atomic E-state index is 12.4. The first-order valence-corrected chi connectivity index (χ1v) is 8.98. The smallest absolute Gasteiger partial charge is 0.328 e. The molecule has 0 aliphatic rings. The molecule has 3 aromatic heterocycles. The Kier molecular flexibility index (Phi) is 4.76. The summed E-state index contributed by atoms with van der Waals surface area (Å²) in [5, 5.41) is 2.88. The summed E-state index contributed by atoms with van der Waals surface area (Å²) in [5.74, 6) is 0.654. The number of carbonyl (C=O) groups is 1. The van der Waals surface area contributed by atoms with Gasteiger partial charge in [0.1, 0.15) is 12.1 Å². The summed E-state index contributed by atoms with van der Waals surface area (Å²) in [6.07, 6.45) is 7.15. The molecule has 0 unspecified atom stereocenters. The number of hydrogen-bond acceptors (Lipinski definition) is 4. The Balaban J connectivity index is 1.35. The fourth-order valence-electron chi connectivity index (χ4n) is 3.15. The Bertz CT molecular complexity index is 1160. The lowest BCUT2D eigenvalue weighted by molar-refractivity contribution is -0.121. The number of benzene rings is 1. The van der Waals surface area contributed by atoms with Crippen molar-refractivity contribution in [2.45, 2.75) is 19.5 Å². The van der Waals surface area contributed by atoms with Gasteiger partial charge >= 0.3 is 5.69 Å². The Morgan fingerprint density at radius 3 is 2.68 bits per heavy atom. The predicted octanol–water partition coefficient (Wildman–Crippen LogP) is 1.63. The van der Waals surface area contributed by atoms with Gasteiger partial charge in [0.05, 0.1) is 11.0 Å². The number of para-hydroxylation sites is 2. The number of nitrogens with zero attached hydrogens (tertiary/aromatic N) is 5. The van der Waals surface area contributed by atoms with E-state index in [1.165, 1.54) is 0 Å². The van der Waals surface area contributed by atoms with E-state index >= 15 is 0 Å². The van der Waals surface area contributed by atoms with Crippen molar-refractivity contribution in [3.05, 3.63) is 77.4 Å². The largest absolute Gasteiger partial charge is 0.352 e. The summed E-state index contributed by atoms with van der Waals surface area (Å²) in [6, 6.07) is 11.4. The minimum absolute atomic E-state index is 0.112. The van der Waals surface area contributed by atoms with Gasteiger partial charge in [-0.2, -0.15) is 0 Å². The molecule has 0 saturated heterocycles. The molecule has 0 radical (unpaired) electrons. The average molecular weight is 376 g/mol. The van der Waals surface area contributed by atoms with E-state index in [2.05, 4.69) is 15.3 Å². The molecule has 0 atom stereocenters. The Morgan fingerprint density at radius 1 is 1.14 bits per heavy atom. The third kappa shape index (κ3) is 3.44. The van der Waals surface area contributed by atoms with Crippen LogP contribution in [0.4, 0.5) is 0 Å². The number of pyridine rings is 1. The molecular formula is C20H20N6O2. The molecule has 28 heavy (non-hydrogen) atoms. The fourth-order valence-corrected chi connectivity index (χ4v) is 3.15. The lowest BCUT2D eigenvalue weighted by Crippen LogP contribution is -2.27. The van der Waals surface area contributed by atoms with E-state index in [9.17, 15) is 9.59 Å². The number of amides is 1. The highest BCUT2D eigenvalue weighted by atomic mass is 16.2. The van der Waals surface area contributed by atoms with Crippen LogP contribution in [0.2, 0.25) is 0 Å². The SMILES string of the molecule is Cn1c(=O)n(CCC(=O)NCc2ccc(-n3ccnc3)nc2)c2ccccc21. The number of aryl methyl sites for hydroxylation is 2. The lowest BCUT2D eigenvalue weighted by atomic mass is 10.2. The molecule has 0 aliphatic heterocycles. The first-order chi connectivity index (χ1) is 13.6. The number of rotatable bonds is 6. The first kappa shape index (κ1) is 17.7. The lowest BCUT2D eigenvalue weighted by Gasteiger charge is -2.07. The predicted molar refractivity (Wildman–Crippen MR) is 105 cm³/mol. The van der Waals surface area contributed by atoms with Crippen molar-refractivity contribution >= 4 is 16.9 Å². The molecule has 3 heterocycles. The van der Waals surface area contributed by atoms with Gasteiger partial charge in [-0.3, -0.25) is 18.5 Å². The van der Waals surface area contributed by atoms with Gasteiger partial charge in [-0.15, -0.1) is 0 Å². The molecule has 1 N–H and O–H groups in total. The van der Waals surface area contributed by atoms with Crippen LogP contribution in [0.25, 0.3) is 16.9 Å². The second kappa shape index (κ2) is 7.51. The Labute approximate surface area is 161 Å². The molecule has 8 nitrogen and oxygen atoms in total. The molecule has 0 fully saturated rings. The average Bonchev–Trinajstić information content (AvgIpc) is 3.34. The molecule has 0 saturated carbocycles. The van der Waals surface area contributed by atoms with Crippen LogP contribution in [-0.4, -0.2) is 29.6 Å². The summed E-state index contributed by atoms with van der Waals surface area (Å²) < 4.78 is 5.04. The monoisotopic (exact) mass is 376 g/mol. The third-order valence-corrected chi connectivity index (χ3v) is 4.68. The topological polar surface area (TPSA) is 86.7 Å². The van der Waals surface area contributed by atoms with E-state index < -0.39 is 0 Å². The number of imidazole rings is 2. The van der Waals surface area contributed by atoms with Gasteiger partial charge in [0, 0.05) is 45.1 Å². The fraction of sp³-hybridized carbons (Fsp3) is 0.200. The van der Waals surface area contributed by atoms with Crippen LogP contribution in [0.5, 0.6) is 0 Å². The standard InChI is InChI=1S/C20H20N6O2/c1-24-16-4-2-3-5-17(16)26(20(24)28)10-8-19(27)23-13-15-6-7-18(22-12-15)25-11-9-21-14-25/h2-7,9,11-12,14H,8,10,13H2,1H3,(H,23,27). The number of carbonyl (C=O) groups excluding carboxylic acids is 1. The van der Waals surface area contributed by atoms with Crippen molar-refractivity contribution in [2.24, 2.45) is 7.05 Å². The van der Waals surface area contributed by atoms with Gasteiger partial charge in [-0.1, -0.05) is 18.2 Å². The highest BCUT2D eigenvalue weighted by Crippen LogP contribution is 2.12. The third-order valence-electron chi connectivity index (χ3n) is 4.68. The maximum absolute atomic E-state index is 12.4. The first-order valence-electron chi connectivity index (χ1n) is 8.98.